The Labute approximate surface area is 113 Å². The minimum atomic E-state index is -0.0722. The SMILES string of the molecule is [c]1ccc(C2COCC(Cc3ccccc3)O2)nc1. The van der Waals surface area contributed by atoms with Gasteiger partial charge in [0.2, 0.25) is 0 Å². The van der Waals surface area contributed by atoms with Crippen molar-refractivity contribution in [2.45, 2.75) is 18.6 Å². The first-order chi connectivity index (χ1) is 9.42. The normalized spacial score (nSPS) is 23.2. The number of rotatable bonds is 3. The summed E-state index contributed by atoms with van der Waals surface area (Å²) in [5.74, 6) is 0. The van der Waals surface area contributed by atoms with E-state index in [2.05, 4.69) is 23.2 Å². The maximum absolute atomic E-state index is 6.08. The van der Waals surface area contributed by atoms with Gasteiger partial charge in [0, 0.05) is 18.7 Å². The van der Waals surface area contributed by atoms with E-state index >= 15 is 0 Å². The number of benzene rings is 1. The highest BCUT2D eigenvalue weighted by Gasteiger charge is 2.25. The first-order valence-corrected chi connectivity index (χ1v) is 6.51. The van der Waals surface area contributed by atoms with Crippen LogP contribution in [0.25, 0.3) is 0 Å². The van der Waals surface area contributed by atoms with Gasteiger partial charge in [0.1, 0.15) is 6.10 Å². The van der Waals surface area contributed by atoms with Crippen LogP contribution in [0.4, 0.5) is 0 Å². The number of ether oxygens (including phenoxy) is 2. The molecule has 1 aliphatic heterocycles. The fourth-order valence-electron chi connectivity index (χ4n) is 2.28. The maximum Gasteiger partial charge on any atom is 0.123 e. The van der Waals surface area contributed by atoms with Crippen molar-refractivity contribution in [2.75, 3.05) is 13.2 Å². The summed E-state index contributed by atoms with van der Waals surface area (Å²) in [6, 6.07) is 17.0. The Morgan fingerprint density at radius 2 is 2.05 bits per heavy atom. The molecule has 0 spiro atoms. The van der Waals surface area contributed by atoms with E-state index in [9.17, 15) is 0 Å². The molecule has 97 valence electrons. The van der Waals surface area contributed by atoms with Gasteiger partial charge in [0.15, 0.2) is 0 Å². The Morgan fingerprint density at radius 3 is 2.84 bits per heavy atom. The van der Waals surface area contributed by atoms with E-state index in [4.69, 9.17) is 9.47 Å². The van der Waals surface area contributed by atoms with Gasteiger partial charge in [-0.1, -0.05) is 36.4 Å². The molecule has 1 aliphatic rings. The summed E-state index contributed by atoms with van der Waals surface area (Å²) < 4.78 is 11.7. The van der Waals surface area contributed by atoms with Crippen LogP contribution in [0.1, 0.15) is 17.4 Å². The fraction of sp³-hybridized carbons (Fsp3) is 0.312. The summed E-state index contributed by atoms with van der Waals surface area (Å²) in [5.41, 5.74) is 2.18. The molecule has 2 atom stereocenters. The smallest absolute Gasteiger partial charge is 0.123 e. The van der Waals surface area contributed by atoms with Crippen molar-refractivity contribution in [3.63, 3.8) is 0 Å². The Bertz CT molecular complexity index is 501. The van der Waals surface area contributed by atoms with Gasteiger partial charge in [-0.15, -0.1) is 0 Å². The zero-order valence-electron chi connectivity index (χ0n) is 10.7. The van der Waals surface area contributed by atoms with E-state index in [0.29, 0.717) is 13.2 Å². The predicted molar refractivity (Wildman–Crippen MR) is 71.7 cm³/mol. The van der Waals surface area contributed by atoms with Crippen molar-refractivity contribution in [2.24, 2.45) is 0 Å². The van der Waals surface area contributed by atoms with Crippen LogP contribution in [0.5, 0.6) is 0 Å². The molecule has 19 heavy (non-hydrogen) atoms. The predicted octanol–water partition coefficient (Wildman–Crippen LogP) is 2.58. The lowest BCUT2D eigenvalue weighted by atomic mass is 10.1. The second kappa shape index (κ2) is 5.95. The summed E-state index contributed by atoms with van der Waals surface area (Å²) in [5, 5.41) is 0. The molecular weight excluding hydrogens is 238 g/mol. The summed E-state index contributed by atoms with van der Waals surface area (Å²) >= 11 is 0. The van der Waals surface area contributed by atoms with Gasteiger partial charge in [-0.05, 0) is 11.6 Å². The van der Waals surface area contributed by atoms with Gasteiger partial charge in [-0.2, -0.15) is 0 Å². The van der Waals surface area contributed by atoms with E-state index in [0.717, 1.165) is 12.1 Å². The van der Waals surface area contributed by atoms with Crippen LogP contribution in [0, 0.1) is 6.07 Å². The fourth-order valence-corrected chi connectivity index (χ4v) is 2.28. The van der Waals surface area contributed by atoms with E-state index in [1.165, 1.54) is 5.56 Å². The third kappa shape index (κ3) is 3.19. The Balaban J connectivity index is 1.65. The molecule has 2 unspecified atom stereocenters. The molecule has 1 radical (unpaired) electrons. The van der Waals surface area contributed by atoms with Crippen molar-refractivity contribution < 1.29 is 9.47 Å². The number of hydrogen-bond donors (Lipinski definition) is 0. The number of aromatic nitrogens is 1. The van der Waals surface area contributed by atoms with Crippen LogP contribution >= 0.6 is 0 Å². The molecule has 1 fully saturated rings. The van der Waals surface area contributed by atoms with E-state index < -0.39 is 0 Å². The molecule has 1 aromatic heterocycles. The highest BCUT2D eigenvalue weighted by atomic mass is 16.6. The quantitative estimate of drug-likeness (QED) is 0.843. The molecule has 3 heteroatoms. The highest BCUT2D eigenvalue weighted by Crippen LogP contribution is 2.23. The Kier molecular flexibility index (Phi) is 3.86. The van der Waals surface area contributed by atoms with E-state index in [1.807, 2.05) is 30.3 Å². The molecule has 2 aromatic rings. The lowest BCUT2D eigenvalue weighted by Gasteiger charge is -2.30. The molecule has 0 N–H and O–H groups in total. The van der Waals surface area contributed by atoms with Crippen molar-refractivity contribution in [3.05, 3.63) is 66.0 Å². The average Bonchev–Trinajstić information content (AvgIpc) is 2.49. The van der Waals surface area contributed by atoms with E-state index in [1.54, 1.807) is 6.20 Å². The second-order valence-corrected chi connectivity index (χ2v) is 4.66. The molecule has 3 nitrogen and oxygen atoms in total. The summed E-state index contributed by atoms with van der Waals surface area (Å²) in [6.07, 6.45) is 2.56. The monoisotopic (exact) mass is 254 g/mol. The first-order valence-electron chi connectivity index (χ1n) is 6.51. The van der Waals surface area contributed by atoms with Crippen LogP contribution in [0.2, 0.25) is 0 Å². The lowest BCUT2D eigenvalue weighted by molar-refractivity contribution is -0.140. The standard InChI is InChI=1S/C16H16NO2/c1-2-6-13(7-3-1)10-14-11-18-12-16(19-14)15-8-4-5-9-17-15/h1-4,6-9,14,16H,10-12H2. The molecule has 1 saturated heterocycles. The van der Waals surface area contributed by atoms with Crippen molar-refractivity contribution in [3.8, 4) is 0 Å². The minimum absolute atomic E-state index is 0.0722. The third-order valence-corrected chi connectivity index (χ3v) is 3.20. The largest absolute Gasteiger partial charge is 0.376 e. The number of hydrogen-bond acceptors (Lipinski definition) is 3. The summed E-state index contributed by atoms with van der Waals surface area (Å²) in [4.78, 5) is 4.28. The minimum Gasteiger partial charge on any atom is -0.376 e. The zero-order valence-corrected chi connectivity index (χ0v) is 10.7. The second-order valence-electron chi connectivity index (χ2n) is 4.66. The maximum atomic E-state index is 6.08. The van der Waals surface area contributed by atoms with Crippen molar-refractivity contribution in [1.82, 2.24) is 4.98 Å². The van der Waals surface area contributed by atoms with Gasteiger partial charge in [0.25, 0.3) is 0 Å². The molecule has 2 heterocycles. The molecule has 0 aliphatic carbocycles. The molecular formula is C16H16NO2. The van der Waals surface area contributed by atoms with Gasteiger partial charge in [-0.3, -0.25) is 4.98 Å². The lowest BCUT2D eigenvalue weighted by Crippen LogP contribution is -2.33. The van der Waals surface area contributed by atoms with Crippen LogP contribution < -0.4 is 0 Å². The molecule has 3 rings (SSSR count). The van der Waals surface area contributed by atoms with Gasteiger partial charge >= 0.3 is 0 Å². The van der Waals surface area contributed by atoms with Crippen LogP contribution in [-0.4, -0.2) is 24.3 Å². The van der Waals surface area contributed by atoms with Crippen LogP contribution in [-0.2, 0) is 15.9 Å². The molecule has 0 saturated carbocycles. The highest BCUT2D eigenvalue weighted by molar-refractivity contribution is 5.16. The Hall–Kier alpha value is -1.71. The topological polar surface area (TPSA) is 31.4 Å². The molecule has 0 bridgehead atoms. The van der Waals surface area contributed by atoms with Gasteiger partial charge in [-0.25, -0.2) is 0 Å². The zero-order chi connectivity index (χ0) is 12.9. The Morgan fingerprint density at radius 1 is 1.16 bits per heavy atom. The van der Waals surface area contributed by atoms with E-state index in [-0.39, 0.29) is 12.2 Å². The van der Waals surface area contributed by atoms with Crippen molar-refractivity contribution in [1.29, 1.82) is 0 Å². The first kappa shape index (κ1) is 12.3. The van der Waals surface area contributed by atoms with Crippen molar-refractivity contribution >= 4 is 0 Å². The van der Waals surface area contributed by atoms with Crippen LogP contribution in [0.3, 0.4) is 0 Å². The summed E-state index contributed by atoms with van der Waals surface area (Å²) in [6.45, 7) is 1.21. The van der Waals surface area contributed by atoms with Crippen LogP contribution in [0.15, 0.2) is 48.7 Å². The summed E-state index contributed by atoms with van der Waals surface area (Å²) in [7, 11) is 0. The molecule has 1 aromatic carbocycles. The van der Waals surface area contributed by atoms with Gasteiger partial charge in [0.05, 0.1) is 25.0 Å². The average molecular weight is 254 g/mol. The molecule has 0 amide bonds. The van der Waals surface area contributed by atoms with Gasteiger partial charge < -0.3 is 9.47 Å². The third-order valence-electron chi connectivity index (χ3n) is 3.20. The number of nitrogens with zero attached hydrogens (tertiary/aromatic N) is 1. The number of pyridine rings is 1.